The molecule has 5 rings (SSSR count). The molecular weight excluding hydrogens is 576 g/mol. The minimum Gasteiger partial charge on any atom is -0.482 e. The van der Waals surface area contributed by atoms with Gasteiger partial charge in [-0.1, -0.05) is 18.2 Å². The van der Waals surface area contributed by atoms with E-state index in [1.54, 1.807) is 30.3 Å². The van der Waals surface area contributed by atoms with Crippen LogP contribution in [0.15, 0.2) is 65.7 Å². The lowest BCUT2D eigenvalue weighted by Crippen LogP contribution is -2.53. The van der Waals surface area contributed by atoms with Gasteiger partial charge in [-0.05, 0) is 52.0 Å². The maximum absolute atomic E-state index is 13.6. The second-order valence-electron chi connectivity index (χ2n) is 11.2. The molecule has 2 aromatic heterocycles. The van der Waals surface area contributed by atoms with Crippen LogP contribution in [0.1, 0.15) is 38.1 Å². The standard InChI is InChI=1S/C29H30N6O9/c1-16(36)29(34-15-30-21-24(34)31-27(32-25(21)38)33-28(2,3)4)23(43-19-8-6-5-7-9-19)22(37)20(44-29)14-42-26(39)17-10-12-18(13-11-17)35(40)41/h5-13,15,20,22-23,37H,14H2,1-4H3,(H2,31,32,33,38)/t20-,22-,23-,29-/m1/s1. The molecule has 3 heterocycles. The van der Waals surface area contributed by atoms with Crippen LogP contribution in [0, 0.1) is 10.1 Å². The van der Waals surface area contributed by atoms with Crippen molar-refractivity contribution >= 4 is 34.6 Å². The predicted octanol–water partition coefficient (Wildman–Crippen LogP) is 2.54. The van der Waals surface area contributed by atoms with Gasteiger partial charge in [-0.15, -0.1) is 0 Å². The number of para-hydroxylation sites is 1. The number of aromatic nitrogens is 4. The molecule has 1 saturated heterocycles. The molecule has 1 aliphatic heterocycles. The number of ketones is 1. The van der Waals surface area contributed by atoms with Crippen LogP contribution in [0.2, 0.25) is 0 Å². The predicted molar refractivity (Wildman–Crippen MR) is 155 cm³/mol. The molecule has 0 spiro atoms. The van der Waals surface area contributed by atoms with Gasteiger partial charge in [0.1, 0.15) is 30.9 Å². The zero-order chi connectivity index (χ0) is 31.8. The number of hydrogen-bond acceptors (Lipinski definition) is 12. The van der Waals surface area contributed by atoms with Gasteiger partial charge in [-0.25, -0.2) is 9.78 Å². The highest BCUT2D eigenvalue weighted by molar-refractivity contribution is 5.89. The lowest BCUT2D eigenvalue weighted by molar-refractivity contribution is -0.384. The van der Waals surface area contributed by atoms with Crippen LogP contribution in [0.25, 0.3) is 11.2 Å². The highest BCUT2D eigenvalue weighted by Crippen LogP contribution is 2.41. The number of fused-ring (bicyclic) bond motifs is 1. The van der Waals surface area contributed by atoms with E-state index in [9.17, 15) is 29.6 Å². The van der Waals surface area contributed by atoms with E-state index in [1.165, 1.54) is 30.0 Å². The number of carbonyl (C=O) groups is 2. The zero-order valence-electron chi connectivity index (χ0n) is 24.2. The number of non-ortho nitro benzene ring substituents is 1. The molecule has 0 bridgehead atoms. The molecule has 4 aromatic rings. The fourth-order valence-corrected chi connectivity index (χ4v) is 4.90. The smallest absolute Gasteiger partial charge is 0.338 e. The number of aliphatic hydroxyl groups is 1. The third kappa shape index (κ3) is 5.74. The first-order valence-corrected chi connectivity index (χ1v) is 13.6. The summed E-state index contributed by atoms with van der Waals surface area (Å²) in [6, 6.07) is 13.2. The van der Waals surface area contributed by atoms with Gasteiger partial charge in [0.15, 0.2) is 23.1 Å². The van der Waals surface area contributed by atoms with Gasteiger partial charge < -0.3 is 24.6 Å². The van der Waals surface area contributed by atoms with Crippen LogP contribution in [0.4, 0.5) is 11.6 Å². The number of nitrogens with zero attached hydrogens (tertiary/aromatic N) is 4. The number of H-pyrrole nitrogens is 1. The molecule has 1 fully saturated rings. The maximum Gasteiger partial charge on any atom is 0.338 e. The topological polar surface area (TPSA) is 201 Å². The van der Waals surface area contributed by atoms with E-state index >= 15 is 0 Å². The molecule has 4 atom stereocenters. The van der Waals surface area contributed by atoms with E-state index in [0.29, 0.717) is 5.75 Å². The van der Waals surface area contributed by atoms with Gasteiger partial charge >= 0.3 is 5.97 Å². The van der Waals surface area contributed by atoms with Gasteiger partial charge in [-0.3, -0.25) is 29.3 Å². The first-order valence-electron chi connectivity index (χ1n) is 13.6. The maximum atomic E-state index is 13.6. The lowest BCUT2D eigenvalue weighted by Gasteiger charge is -2.33. The Morgan fingerprint density at radius 3 is 2.48 bits per heavy atom. The minimum absolute atomic E-state index is 0.0203. The van der Waals surface area contributed by atoms with E-state index in [4.69, 9.17) is 14.2 Å². The monoisotopic (exact) mass is 606 g/mol. The summed E-state index contributed by atoms with van der Waals surface area (Å²) in [7, 11) is 0. The highest BCUT2D eigenvalue weighted by Gasteiger charge is 2.62. The molecule has 2 aromatic carbocycles. The van der Waals surface area contributed by atoms with E-state index in [-0.39, 0.29) is 28.4 Å². The number of Topliss-reactive ketones (excluding diaryl/α,β-unsaturated/α-hetero) is 1. The van der Waals surface area contributed by atoms with Crippen LogP contribution in [0.3, 0.4) is 0 Å². The Kier molecular flexibility index (Phi) is 7.92. The SMILES string of the molecule is CC(=O)[C@@]1(n2cnc3c(=O)[nH]c(NC(C)(C)C)nc32)O[C@H](COC(=O)c2ccc([N+](=O)[O-])cc2)[C@@H](O)[C@H]1Oc1ccccc1. The highest BCUT2D eigenvalue weighted by atomic mass is 16.6. The Balaban J connectivity index is 1.54. The summed E-state index contributed by atoms with van der Waals surface area (Å²) in [5.74, 6) is -1.04. The minimum atomic E-state index is -2.10. The van der Waals surface area contributed by atoms with Crippen molar-refractivity contribution in [1.82, 2.24) is 19.5 Å². The fourth-order valence-electron chi connectivity index (χ4n) is 4.90. The van der Waals surface area contributed by atoms with E-state index < -0.39 is 58.4 Å². The number of hydrogen-bond donors (Lipinski definition) is 3. The van der Waals surface area contributed by atoms with Crippen LogP contribution in [-0.2, 0) is 20.0 Å². The van der Waals surface area contributed by atoms with Crippen molar-refractivity contribution < 1.29 is 33.8 Å². The van der Waals surface area contributed by atoms with E-state index in [2.05, 4.69) is 20.3 Å². The average molecular weight is 607 g/mol. The average Bonchev–Trinajstić information content (AvgIpc) is 3.51. The van der Waals surface area contributed by atoms with Crippen LogP contribution in [0.5, 0.6) is 5.75 Å². The van der Waals surface area contributed by atoms with E-state index in [0.717, 1.165) is 12.1 Å². The molecular formula is C29H30N6O9. The Morgan fingerprint density at radius 2 is 1.86 bits per heavy atom. The van der Waals surface area contributed by atoms with Gasteiger partial charge in [-0.2, -0.15) is 4.98 Å². The van der Waals surface area contributed by atoms with Gasteiger partial charge in [0.05, 0.1) is 10.5 Å². The third-order valence-corrected chi connectivity index (χ3v) is 6.87. The quantitative estimate of drug-likeness (QED) is 0.143. The number of ether oxygens (including phenoxy) is 3. The summed E-state index contributed by atoms with van der Waals surface area (Å²) in [4.78, 5) is 60.9. The second-order valence-corrected chi connectivity index (χ2v) is 11.2. The number of anilines is 1. The van der Waals surface area contributed by atoms with Crippen molar-refractivity contribution in [2.75, 3.05) is 11.9 Å². The van der Waals surface area contributed by atoms with Crippen molar-refractivity contribution in [2.24, 2.45) is 0 Å². The second kappa shape index (κ2) is 11.5. The van der Waals surface area contributed by atoms with Crippen molar-refractivity contribution in [3.8, 4) is 5.75 Å². The number of rotatable bonds is 9. The van der Waals surface area contributed by atoms with Gasteiger partial charge in [0, 0.05) is 17.7 Å². The molecule has 15 nitrogen and oxygen atoms in total. The van der Waals surface area contributed by atoms with Gasteiger partial charge in [0.25, 0.3) is 11.2 Å². The first-order chi connectivity index (χ1) is 20.8. The van der Waals surface area contributed by atoms with Crippen LogP contribution >= 0.6 is 0 Å². The third-order valence-electron chi connectivity index (χ3n) is 6.87. The molecule has 15 heteroatoms. The summed E-state index contributed by atoms with van der Waals surface area (Å²) in [5, 5.41) is 25.5. The number of benzene rings is 2. The van der Waals surface area contributed by atoms with Crippen molar-refractivity contribution in [1.29, 1.82) is 0 Å². The Morgan fingerprint density at radius 1 is 1.18 bits per heavy atom. The molecule has 0 radical (unpaired) electrons. The van der Waals surface area contributed by atoms with Gasteiger partial charge in [0.2, 0.25) is 11.7 Å². The molecule has 230 valence electrons. The zero-order valence-corrected chi connectivity index (χ0v) is 24.2. The largest absolute Gasteiger partial charge is 0.482 e. The summed E-state index contributed by atoms with van der Waals surface area (Å²) in [5.41, 5.74) is -3.45. The lowest BCUT2D eigenvalue weighted by atomic mass is 9.98. The number of aromatic amines is 1. The number of nitrogens with one attached hydrogen (secondary N) is 2. The fraction of sp³-hybridized carbons (Fsp3) is 0.345. The van der Waals surface area contributed by atoms with Crippen LogP contribution < -0.4 is 15.6 Å². The summed E-state index contributed by atoms with van der Waals surface area (Å²) in [6.45, 7) is 6.32. The summed E-state index contributed by atoms with van der Waals surface area (Å²) >= 11 is 0. The Hall–Kier alpha value is -5.15. The number of aliphatic hydroxyl groups excluding tert-OH is 1. The summed E-state index contributed by atoms with van der Waals surface area (Å²) < 4.78 is 19.0. The van der Waals surface area contributed by atoms with E-state index in [1.807, 2.05) is 20.8 Å². The normalized spacial score (nSPS) is 21.6. The van der Waals surface area contributed by atoms with Crippen molar-refractivity contribution in [2.45, 2.75) is 57.3 Å². The number of imidazole rings is 1. The molecule has 0 aliphatic carbocycles. The van der Waals surface area contributed by atoms with Crippen LogP contribution in [-0.4, -0.2) is 71.8 Å². The van der Waals surface area contributed by atoms with Crippen molar-refractivity contribution in [3.63, 3.8) is 0 Å². The van der Waals surface area contributed by atoms with Crippen molar-refractivity contribution in [3.05, 3.63) is 87.0 Å². The number of nitro benzene ring substituents is 1. The molecule has 0 saturated carbocycles. The number of carbonyl (C=O) groups excluding carboxylic acids is 2. The molecule has 1 aliphatic rings. The molecule has 3 N–H and O–H groups in total. The molecule has 44 heavy (non-hydrogen) atoms. The Labute approximate surface area is 250 Å². The Bertz CT molecular complexity index is 1760. The summed E-state index contributed by atoms with van der Waals surface area (Å²) in [6.07, 6.45) is -3.03. The number of esters is 1. The first kappa shape index (κ1) is 30.3. The molecule has 0 amide bonds. The molecule has 0 unspecified atom stereocenters. The number of nitro groups is 1.